The Morgan fingerprint density at radius 3 is 2.61 bits per heavy atom. The molecule has 0 atom stereocenters. The number of aryl methyl sites for hydroxylation is 1. The van der Waals surface area contributed by atoms with Crippen LogP contribution in [-0.2, 0) is 9.59 Å². The Bertz CT molecular complexity index is 911. The summed E-state index contributed by atoms with van der Waals surface area (Å²) in [5, 5.41) is 17.4. The summed E-state index contributed by atoms with van der Waals surface area (Å²) in [6.45, 7) is 1.72. The Morgan fingerprint density at radius 2 is 1.89 bits per heavy atom. The second-order valence-electron chi connectivity index (χ2n) is 5.86. The van der Waals surface area contributed by atoms with Gasteiger partial charge >= 0.3 is 0 Å². The molecule has 9 nitrogen and oxygen atoms in total. The minimum absolute atomic E-state index is 0.0928. The second-order valence-corrected chi connectivity index (χ2v) is 5.86. The van der Waals surface area contributed by atoms with E-state index in [1.165, 1.54) is 25.5 Å². The summed E-state index contributed by atoms with van der Waals surface area (Å²) >= 11 is 0. The van der Waals surface area contributed by atoms with Crippen molar-refractivity contribution in [2.45, 2.75) is 19.8 Å². The Hall–Kier alpha value is -3.75. The molecule has 0 fully saturated rings. The van der Waals surface area contributed by atoms with Gasteiger partial charge in [-0.1, -0.05) is 18.2 Å². The van der Waals surface area contributed by atoms with E-state index in [-0.39, 0.29) is 24.2 Å². The number of hydrazone groups is 1. The summed E-state index contributed by atoms with van der Waals surface area (Å²) < 4.78 is 5.17. The number of nitro benzene ring substituents is 1. The van der Waals surface area contributed by atoms with Gasteiger partial charge in [0.1, 0.15) is 11.4 Å². The van der Waals surface area contributed by atoms with Crippen LogP contribution in [0, 0.1) is 17.0 Å². The van der Waals surface area contributed by atoms with Gasteiger partial charge in [-0.25, -0.2) is 5.43 Å². The third kappa shape index (κ3) is 5.90. The predicted molar refractivity (Wildman–Crippen MR) is 104 cm³/mol. The van der Waals surface area contributed by atoms with Gasteiger partial charge in [0.2, 0.25) is 11.8 Å². The first kappa shape index (κ1) is 20.6. The molecule has 0 saturated heterocycles. The van der Waals surface area contributed by atoms with Gasteiger partial charge in [0.05, 0.1) is 18.2 Å². The van der Waals surface area contributed by atoms with E-state index < -0.39 is 16.7 Å². The van der Waals surface area contributed by atoms with Gasteiger partial charge in [-0.3, -0.25) is 19.7 Å². The summed E-state index contributed by atoms with van der Waals surface area (Å²) in [6.07, 6.45) is 1.18. The summed E-state index contributed by atoms with van der Waals surface area (Å²) in [5.74, 6) is -0.352. The van der Waals surface area contributed by atoms with Gasteiger partial charge in [-0.15, -0.1) is 0 Å². The van der Waals surface area contributed by atoms with Crippen LogP contribution in [-0.4, -0.2) is 30.1 Å². The molecule has 0 unspecified atom stereocenters. The van der Waals surface area contributed by atoms with E-state index in [1.807, 2.05) is 6.07 Å². The first-order valence-corrected chi connectivity index (χ1v) is 8.40. The number of amides is 2. The molecule has 0 aliphatic rings. The SMILES string of the molecule is COc1ccccc1/C=N/NC(=O)CCC(=O)Nc1ccc(C)cc1[N+](=O)[O-]. The Labute approximate surface area is 161 Å². The highest BCUT2D eigenvalue weighted by molar-refractivity contribution is 5.95. The molecular formula is C19H20N4O5. The van der Waals surface area contributed by atoms with Crippen LogP contribution >= 0.6 is 0 Å². The average Bonchev–Trinajstić information content (AvgIpc) is 2.68. The zero-order valence-electron chi connectivity index (χ0n) is 15.5. The third-order valence-electron chi connectivity index (χ3n) is 3.73. The molecule has 146 valence electrons. The van der Waals surface area contributed by atoms with Crippen LogP contribution in [0.3, 0.4) is 0 Å². The van der Waals surface area contributed by atoms with Gasteiger partial charge in [0.25, 0.3) is 5.69 Å². The Morgan fingerprint density at radius 1 is 1.18 bits per heavy atom. The number of nitrogens with one attached hydrogen (secondary N) is 2. The molecule has 2 rings (SSSR count). The number of hydrogen-bond donors (Lipinski definition) is 2. The number of nitro groups is 1. The summed E-state index contributed by atoms with van der Waals surface area (Å²) in [5.41, 5.74) is 3.62. The number of carbonyl (C=O) groups excluding carboxylic acids is 2. The van der Waals surface area contributed by atoms with Crippen molar-refractivity contribution in [3.63, 3.8) is 0 Å². The van der Waals surface area contributed by atoms with Crippen molar-refractivity contribution < 1.29 is 19.2 Å². The number of anilines is 1. The minimum Gasteiger partial charge on any atom is -0.496 e. The molecule has 0 radical (unpaired) electrons. The lowest BCUT2D eigenvalue weighted by Crippen LogP contribution is -2.21. The molecule has 0 aliphatic heterocycles. The molecule has 0 aliphatic carbocycles. The number of rotatable bonds is 8. The normalized spacial score (nSPS) is 10.5. The van der Waals surface area contributed by atoms with Gasteiger partial charge in [0, 0.05) is 24.5 Å². The average molecular weight is 384 g/mol. The van der Waals surface area contributed by atoms with Gasteiger partial charge in [-0.2, -0.15) is 5.10 Å². The van der Waals surface area contributed by atoms with Crippen molar-refractivity contribution in [1.82, 2.24) is 5.43 Å². The number of para-hydroxylation sites is 1. The van der Waals surface area contributed by atoms with Crippen molar-refractivity contribution in [2.24, 2.45) is 5.10 Å². The monoisotopic (exact) mass is 384 g/mol. The van der Waals surface area contributed by atoms with E-state index in [2.05, 4.69) is 15.8 Å². The molecule has 0 saturated carbocycles. The minimum atomic E-state index is -0.568. The number of ether oxygens (including phenoxy) is 1. The fourth-order valence-corrected chi connectivity index (χ4v) is 2.34. The van der Waals surface area contributed by atoms with Crippen molar-refractivity contribution in [1.29, 1.82) is 0 Å². The van der Waals surface area contributed by atoms with Crippen LogP contribution in [0.2, 0.25) is 0 Å². The maximum Gasteiger partial charge on any atom is 0.293 e. The molecular weight excluding hydrogens is 364 g/mol. The molecule has 2 aromatic rings. The first-order valence-electron chi connectivity index (χ1n) is 8.40. The van der Waals surface area contributed by atoms with Gasteiger partial charge < -0.3 is 10.1 Å². The lowest BCUT2D eigenvalue weighted by molar-refractivity contribution is -0.384. The lowest BCUT2D eigenvalue weighted by atomic mass is 10.2. The molecule has 2 amide bonds. The maximum absolute atomic E-state index is 12.0. The topological polar surface area (TPSA) is 123 Å². The summed E-state index contributed by atoms with van der Waals surface area (Å²) in [6, 6.07) is 11.6. The van der Waals surface area contributed by atoms with Crippen molar-refractivity contribution in [2.75, 3.05) is 12.4 Å². The number of methoxy groups -OCH3 is 1. The van der Waals surface area contributed by atoms with E-state index in [0.29, 0.717) is 16.9 Å². The molecule has 0 spiro atoms. The van der Waals surface area contributed by atoms with E-state index in [9.17, 15) is 19.7 Å². The fraction of sp³-hybridized carbons (Fsp3) is 0.211. The van der Waals surface area contributed by atoms with E-state index in [1.54, 1.807) is 31.2 Å². The summed E-state index contributed by atoms with van der Waals surface area (Å²) in [4.78, 5) is 34.3. The molecule has 28 heavy (non-hydrogen) atoms. The van der Waals surface area contributed by atoms with Crippen molar-refractivity contribution in [3.8, 4) is 5.75 Å². The smallest absolute Gasteiger partial charge is 0.293 e. The van der Waals surface area contributed by atoms with Crippen LogP contribution in [0.4, 0.5) is 11.4 Å². The third-order valence-corrected chi connectivity index (χ3v) is 3.73. The molecule has 0 bridgehead atoms. The number of nitrogens with zero attached hydrogens (tertiary/aromatic N) is 2. The number of hydrogen-bond acceptors (Lipinski definition) is 6. The highest BCUT2D eigenvalue weighted by Crippen LogP contribution is 2.25. The summed E-state index contributed by atoms with van der Waals surface area (Å²) in [7, 11) is 1.53. The van der Waals surface area contributed by atoms with E-state index in [0.717, 1.165) is 0 Å². The number of benzene rings is 2. The van der Waals surface area contributed by atoms with Crippen molar-refractivity contribution >= 4 is 29.4 Å². The van der Waals surface area contributed by atoms with E-state index >= 15 is 0 Å². The second kappa shape index (κ2) is 9.81. The molecule has 2 N–H and O–H groups in total. The molecule has 9 heteroatoms. The molecule has 0 heterocycles. The Balaban J connectivity index is 1.85. The number of carbonyl (C=O) groups is 2. The highest BCUT2D eigenvalue weighted by atomic mass is 16.6. The molecule has 2 aromatic carbocycles. The van der Waals surface area contributed by atoms with Crippen LogP contribution in [0.5, 0.6) is 5.75 Å². The van der Waals surface area contributed by atoms with Crippen molar-refractivity contribution in [3.05, 3.63) is 63.7 Å². The van der Waals surface area contributed by atoms with Crippen LogP contribution < -0.4 is 15.5 Å². The van der Waals surface area contributed by atoms with E-state index in [4.69, 9.17) is 4.74 Å². The molecule has 0 aromatic heterocycles. The van der Waals surface area contributed by atoms with Gasteiger partial charge in [0.15, 0.2) is 0 Å². The lowest BCUT2D eigenvalue weighted by Gasteiger charge is -2.06. The quantitative estimate of drug-likeness (QED) is 0.411. The van der Waals surface area contributed by atoms with Crippen LogP contribution in [0.25, 0.3) is 0 Å². The van der Waals surface area contributed by atoms with Crippen LogP contribution in [0.15, 0.2) is 47.6 Å². The van der Waals surface area contributed by atoms with Crippen LogP contribution in [0.1, 0.15) is 24.0 Å². The zero-order chi connectivity index (χ0) is 20.5. The first-order chi connectivity index (χ1) is 13.4. The highest BCUT2D eigenvalue weighted by Gasteiger charge is 2.16. The predicted octanol–water partition coefficient (Wildman–Crippen LogP) is 2.78. The largest absolute Gasteiger partial charge is 0.496 e. The van der Waals surface area contributed by atoms with Gasteiger partial charge in [-0.05, 0) is 30.7 Å². The standard InChI is InChI=1S/C19H20N4O5/c1-13-7-8-15(16(11-13)23(26)27)21-18(24)9-10-19(25)22-20-12-14-5-3-4-6-17(14)28-2/h3-8,11-12H,9-10H2,1-2H3,(H,21,24)(H,22,25)/b20-12+. The Kier molecular flexibility index (Phi) is 7.21. The maximum atomic E-state index is 12.0. The fourth-order valence-electron chi connectivity index (χ4n) is 2.34. The zero-order valence-corrected chi connectivity index (χ0v) is 15.5.